The first-order valence-electron chi connectivity index (χ1n) is 5.75. The average molecular weight is 255 g/mol. The number of aryl methyl sites for hydroxylation is 1. The van der Waals surface area contributed by atoms with Gasteiger partial charge in [0.05, 0.1) is 0 Å². The van der Waals surface area contributed by atoms with Gasteiger partial charge in [0, 0.05) is 38.1 Å². The summed E-state index contributed by atoms with van der Waals surface area (Å²) in [7, 11) is 3.47. The van der Waals surface area contributed by atoms with E-state index in [-0.39, 0.29) is 6.03 Å². The van der Waals surface area contributed by atoms with Crippen molar-refractivity contribution in [3.63, 3.8) is 0 Å². The highest BCUT2D eigenvalue weighted by atomic mass is 32.1. The van der Waals surface area contributed by atoms with E-state index in [0.29, 0.717) is 12.6 Å². The quantitative estimate of drug-likeness (QED) is 0.790. The highest BCUT2D eigenvalue weighted by Gasteiger charge is 2.08. The molecule has 2 amide bonds. The van der Waals surface area contributed by atoms with Crippen LogP contribution in [0, 0.1) is 6.92 Å². The first kappa shape index (κ1) is 14.0. The zero-order valence-corrected chi connectivity index (χ0v) is 11.7. The van der Waals surface area contributed by atoms with Crippen LogP contribution in [0.1, 0.15) is 23.4 Å². The van der Waals surface area contributed by atoms with Gasteiger partial charge in [-0.1, -0.05) is 0 Å². The second-order valence-electron chi connectivity index (χ2n) is 4.27. The lowest BCUT2D eigenvalue weighted by molar-refractivity contribution is 0.217. The predicted molar refractivity (Wildman–Crippen MR) is 72.6 cm³/mol. The zero-order valence-electron chi connectivity index (χ0n) is 10.9. The summed E-state index contributed by atoms with van der Waals surface area (Å²) < 4.78 is 0. The molecule has 1 unspecified atom stereocenters. The molecule has 1 rings (SSSR count). The van der Waals surface area contributed by atoms with E-state index in [1.54, 1.807) is 25.4 Å². The summed E-state index contributed by atoms with van der Waals surface area (Å²) in [6.45, 7) is 5.69. The zero-order chi connectivity index (χ0) is 12.8. The van der Waals surface area contributed by atoms with Crippen LogP contribution in [0.15, 0.2) is 11.4 Å². The van der Waals surface area contributed by atoms with E-state index < -0.39 is 0 Å². The number of carbonyl (C=O) groups excluding carboxylic acids is 1. The summed E-state index contributed by atoms with van der Waals surface area (Å²) >= 11 is 1.77. The summed E-state index contributed by atoms with van der Waals surface area (Å²) in [4.78, 5) is 14.2. The maximum absolute atomic E-state index is 11.3. The van der Waals surface area contributed by atoms with Crippen molar-refractivity contribution in [1.29, 1.82) is 0 Å². The van der Waals surface area contributed by atoms with Crippen LogP contribution in [0.2, 0.25) is 0 Å². The van der Waals surface area contributed by atoms with Crippen molar-refractivity contribution >= 4 is 17.4 Å². The van der Waals surface area contributed by atoms with Crippen molar-refractivity contribution in [2.45, 2.75) is 19.9 Å². The average Bonchev–Trinajstić information content (AvgIpc) is 2.70. The van der Waals surface area contributed by atoms with Crippen LogP contribution >= 0.6 is 11.3 Å². The third-order valence-electron chi connectivity index (χ3n) is 2.55. The smallest absolute Gasteiger partial charge is 0.316 e. The van der Waals surface area contributed by atoms with E-state index in [0.717, 1.165) is 6.54 Å². The minimum absolute atomic E-state index is 0.0493. The van der Waals surface area contributed by atoms with E-state index in [1.807, 2.05) is 0 Å². The molecule has 0 bridgehead atoms. The van der Waals surface area contributed by atoms with Crippen LogP contribution in [0.25, 0.3) is 0 Å². The largest absolute Gasteiger partial charge is 0.337 e. The van der Waals surface area contributed by atoms with Crippen LogP contribution in [0.3, 0.4) is 0 Å². The lowest BCUT2D eigenvalue weighted by atomic mass is 10.2. The Morgan fingerprint density at radius 1 is 1.47 bits per heavy atom. The molecule has 0 radical (unpaired) electrons. The number of rotatable bonds is 5. The van der Waals surface area contributed by atoms with Crippen molar-refractivity contribution in [3.05, 3.63) is 21.9 Å². The topological polar surface area (TPSA) is 44.4 Å². The number of thiophene rings is 1. The molecule has 0 aliphatic heterocycles. The van der Waals surface area contributed by atoms with Gasteiger partial charge < -0.3 is 15.5 Å². The van der Waals surface area contributed by atoms with Crippen LogP contribution in [-0.2, 0) is 0 Å². The molecule has 0 spiro atoms. The van der Waals surface area contributed by atoms with Gasteiger partial charge in [-0.05, 0) is 30.9 Å². The van der Waals surface area contributed by atoms with Crippen molar-refractivity contribution in [2.75, 3.05) is 27.2 Å². The Morgan fingerprint density at radius 3 is 2.71 bits per heavy atom. The molecular formula is C12H21N3OS. The lowest BCUT2D eigenvalue weighted by Gasteiger charge is -2.15. The highest BCUT2D eigenvalue weighted by Crippen LogP contribution is 2.22. The Balaban J connectivity index is 2.24. The third-order valence-corrected chi connectivity index (χ3v) is 3.75. The molecule has 17 heavy (non-hydrogen) atoms. The Kier molecular flexibility index (Phi) is 5.44. The fourth-order valence-corrected chi connectivity index (χ4v) is 2.50. The summed E-state index contributed by atoms with van der Waals surface area (Å²) in [5, 5.41) is 8.33. The van der Waals surface area contributed by atoms with Crippen molar-refractivity contribution in [2.24, 2.45) is 0 Å². The van der Waals surface area contributed by atoms with Gasteiger partial charge in [-0.3, -0.25) is 0 Å². The molecule has 5 heteroatoms. The molecule has 96 valence electrons. The maximum Gasteiger partial charge on any atom is 0.316 e. The predicted octanol–water partition coefficient (Wildman–Crippen LogP) is 1.98. The molecule has 0 aliphatic carbocycles. The van der Waals surface area contributed by atoms with E-state index in [9.17, 15) is 4.79 Å². The highest BCUT2D eigenvalue weighted by molar-refractivity contribution is 7.10. The second-order valence-corrected chi connectivity index (χ2v) is 5.22. The number of urea groups is 1. The van der Waals surface area contributed by atoms with Crippen LogP contribution in [-0.4, -0.2) is 38.1 Å². The molecule has 1 aromatic heterocycles. The van der Waals surface area contributed by atoms with Gasteiger partial charge in [-0.15, -0.1) is 11.3 Å². The van der Waals surface area contributed by atoms with Gasteiger partial charge in [0.1, 0.15) is 0 Å². The Bertz CT molecular complexity index is 362. The van der Waals surface area contributed by atoms with Crippen LogP contribution < -0.4 is 10.6 Å². The Morgan fingerprint density at radius 2 is 2.18 bits per heavy atom. The van der Waals surface area contributed by atoms with Crippen LogP contribution in [0.5, 0.6) is 0 Å². The molecule has 1 heterocycles. The van der Waals surface area contributed by atoms with Crippen molar-refractivity contribution < 1.29 is 4.79 Å². The summed E-state index contributed by atoms with van der Waals surface area (Å²) in [6.07, 6.45) is 0. The van der Waals surface area contributed by atoms with Gasteiger partial charge in [0.2, 0.25) is 0 Å². The Hall–Kier alpha value is -1.07. The van der Waals surface area contributed by atoms with Gasteiger partial charge in [0.25, 0.3) is 0 Å². The summed E-state index contributed by atoms with van der Waals surface area (Å²) in [5.41, 5.74) is 1.33. The maximum atomic E-state index is 11.3. The molecule has 0 saturated heterocycles. The van der Waals surface area contributed by atoms with Crippen molar-refractivity contribution in [1.82, 2.24) is 15.5 Å². The molecule has 1 atom stereocenters. The minimum atomic E-state index is -0.0493. The standard InChI is InChI=1S/C12H21N3OS/c1-9-5-8-17-11(9)10(2)13-6-7-14-12(16)15(3)4/h5,8,10,13H,6-7H2,1-4H3,(H,14,16). The first-order chi connectivity index (χ1) is 8.02. The van der Waals surface area contributed by atoms with Gasteiger partial charge in [-0.2, -0.15) is 0 Å². The molecule has 0 saturated carbocycles. The van der Waals surface area contributed by atoms with Crippen molar-refractivity contribution in [3.8, 4) is 0 Å². The number of carbonyl (C=O) groups is 1. The van der Waals surface area contributed by atoms with E-state index in [4.69, 9.17) is 0 Å². The number of hydrogen-bond acceptors (Lipinski definition) is 3. The third kappa shape index (κ3) is 4.36. The number of hydrogen-bond donors (Lipinski definition) is 2. The van der Waals surface area contributed by atoms with E-state index >= 15 is 0 Å². The molecule has 0 aliphatic rings. The summed E-state index contributed by atoms with van der Waals surface area (Å²) in [5.74, 6) is 0. The minimum Gasteiger partial charge on any atom is -0.337 e. The SMILES string of the molecule is Cc1ccsc1C(C)NCCNC(=O)N(C)C. The molecule has 0 aromatic carbocycles. The molecule has 4 nitrogen and oxygen atoms in total. The number of nitrogens with zero attached hydrogens (tertiary/aromatic N) is 1. The monoisotopic (exact) mass is 255 g/mol. The number of nitrogens with one attached hydrogen (secondary N) is 2. The fourth-order valence-electron chi connectivity index (χ4n) is 1.54. The molecular weight excluding hydrogens is 234 g/mol. The van der Waals surface area contributed by atoms with E-state index in [1.165, 1.54) is 15.3 Å². The van der Waals surface area contributed by atoms with Gasteiger partial charge in [-0.25, -0.2) is 4.79 Å². The van der Waals surface area contributed by atoms with Gasteiger partial charge in [0.15, 0.2) is 0 Å². The lowest BCUT2D eigenvalue weighted by Crippen LogP contribution is -2.38. The second kappa shape index (κ2) is 6.61. The molecule has 0 fully saturated rings. The van der Waals surface area contributed by atoms with E-state index in [2.05, 4.69) is 35.9 Å². The Labute approximate surface area is 107 Å². The summed E-state index contributed by atoms with van der Waals surface area (Å²) in [6, 6.07) is 2.42. The fraction of sp³-hybridized carbons (Fsp3) is 0.583. The van der Waals surface area contributed by atoms with Gasteiger partial charge >= 0.3 is 6.03 Å². The first-order valence-corrected chi connectivity index (χ1v) is 6.63. The molecule has 2 N–H and O–H groups in total. The van der Waals surface area contributed by atoms with Crippen LogP contribution in [0.4, 0.5) is 4.79 Å². The normalized spacial score (nSPS) is 12.2. The molecule has 1 aromatic rings. The number of amides is 2.